The molecule has 1 heterocycles. The number of hydrogen-bond donors (Lipinski definition) is 1. The average Bonchev–Trinajstić information content (AvgIpc) is 3.26. The summed E-state index contributed by atoms with van der Waals surface area (Å²) in [5.74, 6) is 0.651. The van der Waals surface area contributed by atoms with Crippen LogP contribution in [0.15, 0.2) is 72.1 Å². The van der Waals surface area contributed by atoms with E-state index in [1.165, 1.54) is 11.3 Å². The fraction of sp³-hybridized carbons (Fsp3) is 0.174. The Labute approximate surface area is 169 Å². The predicted molar refractivity (Wildman–Crippen MR) is 114 cm³/mol. The van der Waals surface area contributed by atoms with Crippen molar-refractivity contribution in [3.05, 3.63) is 88.1 Å². The largest absolute Gasteiger partial charge is 0.489 e. The molecule has 0 fully saturated rings. The van der Waals surface area contributed by atoms with Gasteiger partial charge in [0.15, 0.2) is 0 Å². The SMILES string of the molecule is COCCNC(=O)/C(=C/c1cccc(OCc2ccccc2)c1)c1cccs1. The summed E-state index contributed by atoms with van der Waals surface area (Å²) in [4.78, 5) is 13.6. The van der Waals surface area contributed by atoms with Crippen LogP contribution in [0, 0.1) is 0 Å². The van der Waals surface area contributed by atoms with Crippen LogP contribution in [0.3, 0.4) is 0 Å². The lowest BCUT2D eigenvalue weighted by molar-refractivity contribution is -0.115. The van der Waals surface area contributed by atoms with Gasteiger partial charge in [-0.25, -0.2) is 0 Å². The molecule has 144 valence electrons. The third kappa shape index (κ3) is 5.81. The predicted octanol–water partition coefficient (Wildman–Crippen LogP) is 4.63. The maximum absolute atomic E-state index is 12.7. The quantitative estimate of drug-likeness (QED) is 0.426. The molecule has 28 heavy (non-hydrogen) atoms. The molecule has 1 N–H and O–H groups in total. The van der Waals surface area contributed by atoms with Crippen LogP contribution >= 0.6 is 11.3 Å². The fourth-order valence-corrected chi connectivity index (χ4v) is 3.38. The van der Waals surface area contributed by atoms with Gasteiger partial charge in [-0.2, -0.15) is 0 Å². The van der Waals surface area contributed by atoms with Crippen molar-refractivity contribution in [2.75, 3.05) is 20.3 Å². The second kappa shape index (κ2) is 10.4. The minimum Gasteiger partial charge on any atom is -0.489 e. The first-order valence-corrected chi connectivity index (χ1v) is 9.94. The van der Waals surface area contributed by atoms with Gasteiger partial charge in [-0.05, 0) is 40.8 Å². The molecule has 1 aromatic heterocycles. The highest BCUT2D eigenvalue weighted by Gasteiger charge is 2.13. The Balaban J connectivity index is 1.77. The molecular weight excluding hydrogens is 370 g/mol. The lowest BCUT2D eigenvalue weighted by Gasteiger charge is -2.09. The summed E-state index contributed by atoms with van der Waals surface area (Å²) in [6, 6.07) is 21.7. The molecule has 5 heteroatoms. The van der Waals surface area contributed by atoms with Gasteiger partial charge >= 0.3 is 0 Å². The van der Waals surface area contributed by atoms with E-state index in [4.69, 9.17) is 9.47 Å². The molecule has 0 atom stereocenters. The first-order chi connectivity index (χ1) is 13.8. The van der Waals surface area contributed by atoms with Gasteiger partial charge in [0.2, 0.25) is 0 Å². The van der Waals surface area contributed by atoms with E-state index in [1.807, 2.05) is 78.2 Å². The Morgan fingerprint density at radius 2 is 1.93 bits per heavy atom. The Bertz CT molecular complexity index is 905. The normalized spacial score (nSPS) is 11.2. The third-order valence-electron chi connectivity index (χ3n) is 4.04. The number of hydrogen-bond acceptors (Lipinski definition) is 4. The molecule has 0 saturated carbocycles. The van der Waals surface area contributed by atoms with Crippen molar-refractivity contribution in [1.82, 2.24) is 5.32 Å². The standard InChI is InChI=1S/C23H23NO3S/c1-26-13-12-24-23(25)21(22-11-6-14-28-22)16-19-9-5-10-20(15-19)27-17-18-7-3-2-4-8-18/h2-11,14-16H,12-13,17H2,1H3,(H,24,25)/b21-16+. The smallest absolute Gasteiger partial charge is 0.252 e. The van der Waals surface area contributed by atoms with Crippen LogP contribution in [-0.2, 0) is 16.1 Å². The van der Waals surface area contributed by atoms with Gasteiger partial charge < -0.3 is 14.8 Å². The van der Waals surface area contributed by atoms with Crippen LogP contribution in [0.5, 0.6) is 5.75 Å². The summed E-state index contributed by atoms with van der Waals surface area (Å²) in [5.41, 5.74) is 2.66. The number of methoxy groups -OCH3 is 1. The molecule has 0 unspecified atom stereocenters. The van der Waals surface area contributed by atoms with Gasteiger partial charge in [-0.15, -0.1) is 11.3 Å². The molecule has 0 bridgehead atoms. The van der Waals surface area contributed by atoms with E-state index in [1.54, 1.807) is 7.11 Å². The summed E-state index contributed by atoms with van der Waals surface area (Å²) in [7, 11) is 1.61. The lowest BCUT2D eigenvalue weighted by Crippen LogP contribution is -2.27. The monoisotopic (exact) mass is 393 g/mol. The van der Waals surface area contributed by atoms with Crippen molar-refractivity contribution in [2.24, 2.45) is 0 Å². The molecule has 0 aliphatic carbocycles. The molecular formula is C23H23NO3S. The third-order valence-corrected chi connectivity index (χ3v) is 4.94. The Morgan fingerprint density at radius 1 is 1.07 bits per heavy atom. The highest BCUT2D eigenvalue weighted by Crippen LogP contribution is 2.25. The first-order valence-electron chi connectivity index (χ1n) is 9.06. The van der Waals surface area contributed by atoms with Crippen molar-refractivity contribution in [1.29, 1.82) is 0 Å². The molecule has 3 aromatic rings. The number of carbonyl (C=O) groups excluding carboxylic acids is 1. The number of amides is 1. The van der Waals surface area contributed by atoms with E-state index in [2.05, 4.69) is 5.32 Å². The Hall–Kier alpha value is -2.89. The van der Waals surface area contributed by atoms with Gasteiger partial charge in [0.1, 0.15) is 12.4 Å². The molecule has 0 spiro atoms. The van der Waals surface area contributed by atoms with E-state index < -0.39 is 0 Å². The van der Waals surface area contributed by atoms with Gasteiger partial charge in [-0.3, -0.25) is 4.79 Å². The second-order valence-corrected chi connectivity index (χ2v) is 7.08. The first kappa shape index (κ1) is 19.9. The van der Waals surface area contributed by atoms with E-state index in [0.717, 1.165) is 21.8 Å². The summed E-state index contributed by atoms with van der Waals surface area (Å²) < 4.78 is 10.9. The zero-order chi connectivity index (χ0) is 19.6. The molecule has 3 rings (SSSR count). The highest BCUT2D eigenvalue weighted by atomic mass is 32.1. The molecule has 0 saturated heterocycles. The van der Waals surface area contributed by atoms with Crippen molar-refractivity contribution in [3.8, 4) is 5.75 Å². The number of nitrogens with one attached hydrogen (secondary N) is 1. The van der Waals surface area contributed by atoms with Crippen molar-refractivity contribution < 1.29 is 14.3 Å². The van der Waals surface area contributed by atoms with Gasteiger partial charge in [0.05, 0.1) is 12.2 Å². The van der Waals surface area contributed by atoms with Crippen molar-refractivity contribution >= 4 is 28.9 Å². The minimum atomic E-state index is -0.116. The van der Waals surface area contributed by atoms with E-state index in [9.17, 15) is 4.79 Å². The minimum absolute atomic E-state index is 0.116. The Morgan fingerprint density at radius 3 is 2.68 bits per heavy atom. The van der Waals surface area contributed by atoms with Crippen LogP contribution in [0.4, 0.5) is 0 Å². The van der Waals surface area contributed by atoms with Crippen LogP contribution in [0.2, 0.25) is 0 Å². The summed E-state index contributed by atoms with van der Waals surface area (Å²) >= 11 is 1.54. The molecule has 0 aliphatic heterocycles. The number of rotatable bonds is 9. The van der Waals surface area contributed by atoms with Crippen LogP contribution < -0.4 is 10.1 Å². The maximum Gasteiger partial charge on any atom is 0.252 e. The second-order valence-electron chi connectivity index (χ2n) is 6.13. The van der Waals surface area contributed by atoms with Crippen LogP contribution in [0.1, 0.15) is 16.0 Å². The highest BCUT2D eigenvalue weighted by molar-refractivity contribution is 7.11. The zero-order valence-electron chi connectivity index (χ0n) is 15.8. The van der Waals surface area contributed by atoms with E-state index >= 15 is 0 Å². The van der Waals surface area contributed by atoms with Crippen molar-refractivity contribution in [3.63, 3.8) is 0 Å². The Kier molecular flexibility index (Phi) is 7.41. The van der Waals surface area contributed by atoms with Gasteiger partial charge in [-0.1, -0.05) is 48.5 Å². The molecule has 2 aromatic carbocycles. The lowest BCUT2D eigenvalue weighted by atomic mass is 10.1. The summed E-state index contributed by atoms with van der Waals surface area (Å²) in [5, 5.41) is 4.86. The van der Waals surface area contributed by atoms with Crippen LogP contribution in [0.25, 0.3) is 11.6 Å². The molecule has 1 amide bonds. The maximum atomic E-state index is 12.7. The molecule has 0 radical (unpaired) electrons. The summed E-state index contributed by atoms with van der Waals surface area (Å²) in [6.07, 6.45) is 1.89. The van der Waals surface area contributed by atoms with E-state index in [-0.39, 0.29) is 5.91 Å². The number of thiophene rings is 1. The number of carbonyl (C=O) groups is 1. The van der Waals surface area contributed by atoms with Crippen molar-refractivity contribution in [2.45, 2.75) is 6.61 Å². The van der Waals surface area contributed by atoms with Gasteiger partial charge in [0.25, 0.3) is 5.91 Å². The average molecular weight is 394 g/mol. The topological polar surface area (TPSA) is 47.6 Å². The number of benzene rings is 2. The number of ether oxygens (including phenoxy) is 2. The molecule has 4 nitrogen and oxygen atoms in total. The summed E-state index contributed by atoms with van der Waals surface area (Å²) in [6.45, 7) is 1.45. The fourth-order valence-electron chi connectivity index (χ4n) is 2.64. The van der Waals surface area contributed by atoms with Gasteiger partial charge in [0, 0.05) is 18.5 Å². The zero-order valence-corrected chi connectivity index (χ0v) is 16.6. The van der Waals surface area contributed by atoms with Crippen LogP contribution in [-0.4, -0.2) is 26.2 Å². The molecule has 0 aliphatic rings. The van der Waals surface area contributed by atoms with E-state index in [0.29, 0.717) is 25.3 Å².